The third kappa shape index (κ3) is 4.56. The molecule has 2 aromatic heterocycles. The molecule has 112 valence electrons. The summed E-state index contributed by atoms with van der Waals surface area (Å²) < 4.78 is 5.12. The summed E-state index contributed by atoms with van der Waals surface area (Å²) in [6.07, 6.45) is 0.995. The lowest BCUT2D eigenvalue weighted by Gasteiger charge is -2.07. The monoisotopic (exact) mass is 305 g/mol. The number of hydrogen-bond donors (Lipinski definition) is 1. The minimum absolute atomic E-state index is 0.301. The molecule has 6 nitrogen and oxygen atoms in total. The molecule has 0 aromatic carbocycles. The fourth-order valence-electron chi connectivity index (χ4n) is 1.74. The van der Waals surface area contributed by atoms with Gasteiger partial charge in [0.05, 0.1) is 7.11 Å². The summed E-state index contributed by atoms with van der Waals surface area (Å²) in [5.41, 5.74) is 2.14. The van der Waals surface area contributed by atoms with E-state index in [9.17, 15) is 0 Å². The van der Waals surface area contributed by atoms with Gasteiger partial charge in [-0.2, -0.15) is 15.0 Å². The van der Waals surface area contributed by atoms with Gasteiger partial charge in [0.25, 0.3) is 0 Å². The number of aryl methyl sites for hydroxylation is 2. The van der Waals surface area contributed by atoms with Crippen LogP contribution in [0.3, 0.4) is 0 Å². The van der Waals surface area contributed by atoms with Gasteiger partial charge >= 0.3 is 6.01 Å². The van der Waals surface area contributed by atoms with E-state index in [2.05, 4.69) is 32.2 Å². The van der Waals surface area contributed by atoms with Crippen LogP contribution in [0, 0.1) is 13.8 Å². The lowest BCUT2D eigenvalue weighted by molar-refractivity contribution is 0.373. The first-order valence-electron chi connectivity index (χ1n) is 6.77. The third-order valence-electron chi connectivity index (χ3n) is 2.58. The second-order valence-electron chi connectivity index (χ2n) is 4.58. The molecule has 0 spiro atoms. The maximum Gasteiger partial charge on any atom is 0.321 e. The van der Waals surface area contributed by atoms with Crippen LogP contribution in [-0.2, 0) is 0 Å². The molecule has 0 fully saturated rings. The van der Waals surface area contributed by atoms with Gasteiger partial charge in [0.1, 0.15) is 5.03 Å². The number of hydrogen-bond acceptors (Lipinski definition) is 7. The Hall–Kier alpha value is -1.89. The first-order valence-corrected chi connectivity index (χ1v) is 7.59. The van der Waals surface area contributed by atoms with Crippen molar-refractivity contribution in [3.63, 3.8) is 0 Å². The molecule has 0 atom stereocenters. The van der Waals surface area contributed by atoms with E-state index < -0.39 is 0 Å². The topological polar surface area (TPSA) is 72.8 Å². The van der Waals surface area contributed by atoms with E-state index in [4.69, 9.17) is 4.74 Å². The molecule has 0 unspecified atom stereocenters. The molecule has 0 amide bonds. The van der Waals surface area contributed by atoms with Crippen molar-refractivity contribution in [2.75, 3.05) is 19.0 Å². The lowest BCUT2D eigenvalue weighted by Crippen LogP contribution is -2.07. The second-order valence-corrected chi connectivity index (χ2v) is 5.57. The molecule has 2 heterocycles. The number of anilines is 1. The Morgan fingerprint density at radius 2 is 1.95 bits per heavy atom. The zero-order valence-electron chi connectivity index (χ0n) is 12.7. The van der Waals surface area contributed by atoms with Crippen LogP contribution in [0.25, 0.3) is 0 Å². The minimum atomic E-state index is 0.301. The Balaban J connectivity index is 2.25. The highest BCUT2D eigenvalue weighted by Crippen LogP contribution is 2.25. The van der Waals surface area contributed by atoms with Crippen molar-refractivity contribution < 1.29 is 4.74 Å². The van der Waals surface area contributed by atoms with Crippen molar-refractivity contribution in [1.29, 1.82) is 0 Å². The van der Waals surface area contributed by atoms with E-state index in [-0.39, 0.29) is 0 Å². The van der Waals surface area contributed by atoms with Crippen LogP contribution in [-0.4, -0.2) is 33.6 Å². The number of methoxy groups -OCH3 is 1. The minimum Gasteiger partial charge on any atom is -0.467 e. The zero-order valence-corrected chi connectivity index (χ0v) is 13.5. The van der Waals surface area contributed by atoms with Crippen molar-refractivity contribution in [2.45, 2.75) is 37.4 Å². The highest BCUT2D eigenvalue weighted by Gasteiger charge is 2.09. The number of ether oxygens (including phenoxy) is 1. The van der Waals surface area contributed by atoms with Gasteiger partial charge in [0.2, 0.25) is 11.1 Å². The van der Waals surface area contributed by atoms with E-state index in [1.165, 1.54) is 11.8 Å². The Labute approximate surface area is 128 Å². The first-order chi connectivity index (χ1) is 10.1. The molecule has 0 aliphatic heterocycles. The Bertz CT molecular complexity index is 600. The van der Waals surface area contributed by atoms with Crippen LogP contribution in [0.15, 0.2) is 22.3 Å². The number of nitrogens with one attached hydrogen (secondary N) is 1. The molecule has 0 aliphatic rings. The van der Waals surface area contributed by atoms with Crippen LogP contribution in [0.5, 0.6) is 6.01 Å². The highest BCUT2D eigenvalue weighted by molar-refractivity contribution is 7.99. The summed E-state index contributed by atoms with van der Waals surface area (Å²) in [6.45, 7) is 6.90. The summed E-state index contributed by atoms with van der Waals surface area (Å²) in [4.78, 5) is 17.3. The van der Waals surface area contributed by atoms with Crippen molar-refractivity contribution in [1.82, 2.24) is 19.9 Å². The first kappa shape index (κ1) is 15.5. The SMILES string of the molecule is CCCNc1nc(OC)nc(Sc2cc(C)cc(C)n2)n1. The summed E-state index contributed by atoms with van der Waals surface area (Å²) in [5.74, 6) is 0.524. The van der Waals surface area contributed by atoms with E-state index in [0.717, 1.165) is 29.2 Å². The van der Waals surface area contributed by atoms with E-state index in [1.54, 1.807) is 7.11 Å². The van der Waals surface area contributed by atoms with E-state index in [1.807, 2.05) is 26.0 Å². The molecule has 0 aliphatic carbocycles. The van der Waals surface area contributed by atoms with Gasteiger partial charge in [-0.05, 0) is 49.7 Å². The molecule has 0 saturated heterocycles. The van der Waals surface area contributed by atoms with E-state index in [0.29, 0.717) is 17.1 Å². The van der Waals surface area contributed by atoms with Crippen molar-refractivity contribution in [2.24, 2.45) is 0 Å². The van der Waals surface area contributed by atoms with Gasteiger partial charge in [0.15, 0.2) is 0 Å². The lowest BCUT2D eigenvalue weighted by atomic mass is 10.3. The largest absolute Gasteiger partial charge is 0.467 e. The standard InChI is InChI=1S/C14H19N5OS/c1-5-6-15-12-17-13(20-4)19-14(18-12)21-11-8-9(2)7-10(3)16-11/h7-8H,5-6H2,1-4H3,(H,15,17,18,19). The summed E-state index contributed by atoms with van der Waals surface area (Å²) in [7, 11) is 1.54. The summed E-state index contributed by atoms with van der Waals surface area (Å²) in [6, 6.07) is 4.34. The molecule has 7 heteroatoms. The number of nitrogens with zero attached hydrogens (tertiary/aromatic N) is 4. The molecule has 2 rings (SSSR count). The summed E-state index contributed by atoms with van der Waals surface area (Å²) >= 11 is 1.40. The second kappa shape index (κ2) is 7.21. The quantitative estimate of drug-likeness (QED) is 0.879. The van der Waals surface area contributed by atoms with Crippen molar-refractivity contribution in [3.05, 3.63) is 23.4 Å². The Morgan fingerprint density at radius 1 is 1.14 bits per heavy atom. The van der Waals surface area contributed by atoms with Crippen LogP contribution < -0.4 is 10.1 Å². The maximum atomic E-state index is 5.12. The molecular formula is C14H19N5OS. The van der Waals surface area contributed by atoms with Gasteiger partial charge in [0, 0.05) is 12.2 Å². The number of pyridine rings is 1. The van der Waals surface area contributed by atoms with Gasteiger partial charge < -0.3 is 10.1 Å². The average Bonchev–Trinajstić information content (AvgIpc) is 2.43. The third-order valence-corrected chi connectivity index (χ3v) is 3.36. The molecule has 0 radical (unpaired) electrons. The van der Waals surface area contributed by atoms with Gasteiger partial charge in [-0.15, -0.1) is 0 Å². The molecule has 0 saturated carbocycles. The Morgan fingerprint density at radius 3 is 2.62 bits per heavy atom. The molecule has 1 N–H and O–H groups in total. The summed E-state index contributed by atoms with van der Waals surface area (Å²) in [5, 5.41) is 4.57. The van der Waals surface area contributed by atoms with E-state index >= 15 is 0 Å². The van der Waals surface area contributed by atoms with Crippen LogP contribution in [0.2, 0.25) is 0 Å². The smallest absolute Gasteiger partial charge is 0.321 e. The highest BCUT2D eigenvalue weighted by atomic mass is 32.2. The van der Waals surface area contributed by atoms with Crippen LogP contribution >= 0.6 is 11.8 Å². The molecule has 0 bridgehead atoms. The number of rotatable bonds is 6. The Kier molecular flexibility index (Phi) is 5.32. The van der Waals surface area contributed by atoms with Gasteiger partial charge in [-0.3, -0.25) is 0 Å². The molecular weight excluding hydrogens is 286 g/mol. The fraction of sp³-hybridized carbons (Fsp3) is 0.429. The zero-order chi connectivity index (χ0) is 15.2. The normalized spacial score (nSPS) is 10.5. The van der Waals surface area contributed by atoms with Crippen LogP contribution in [0.4, 0.5) is 5.95 Å². The maximum absolute atomic E-state index is 5.12. The van der Waals surface area contributed by atoms with Gasteiger partial charge in [-0.25, -0.2) is 4.98 Å². The molecule has 2 aromatic rings. The number of aromatic nitrogens is 4. The van der Waals surface area contributed by atoms with Gasteiger partial charge in [-0.1, -0.05) is 6.92 Å². The van der Waals surface area contributed by atoms with Crippen molar-refractivity contribution in [3.8, 4) is 6.01 Å². The predicted octanol–water partition coefficient (Wildman–Crippen LogP) is 2.87. The van der Waals surface area contributed by atoms with Crippen molar-refractivity contribution >= 4 is 17.7 Å². The average molecular weight is 305 g/mol. The predicted molar refractivity (Wildman–Crippen MR) is 83.0 cm³/mol. The molecule has 21 heavy (non-hydrogen) atoms. The fourth-order valence-corrected chi connectivity index (χ4v) is 2.62. The van der Waals surface area contributed by atoms with Crippen LogP contribution in [0.1, 0.15) is 24.6 Å².